The monoisotopic (exact) mass is 406 g/mol. The van der Waals surface area contributed by atoms with Crippen molar-refractivity contribution in [1.82, 2.24) is 0 Å². The van der Waals surface area contributed by atoms with E-state index in [1.54, 1.807) is 11.3 Å². The van der Waals surface area contributed by atoms with Gasteiger partial charge in [0.25, 0.3) is 0 Å². The van der Waals surface area contributed by atoms with Crippen molar-refractivity contribution in [1.29, 1.82) is 0 Å². The van der Waals surface area contributed by atoms with Gasteiger partial charge in [0.15, 0.2) is 5.43 Å². The Morgan fingerprint density at radius 2 is 1.27 bits per heavy atom. The van der Waals surface area contributed by atoms with Crippen LogP contribution in [0.25, 0.3) is 42.4 Å². The SMILES string of the molecule is CC(C)c1ccc2sc3ccccc3c(=O)c2c1-c1ccc(-c2ccccc2)cc1. The van der Waals surface area contributed by atoms with Crippen LogP contribution in [0.4, 0.5) is 0 Å². The summed E-state index contributed by atoms with van der Waals surface area (Å²) in [7, 11) is 0. The molecule has 0 aliphatic heterocycles. The summed E-state index contributed by atoms with van der Waals surface area (Å²) in [5, 5.41) is 1.65. The molecule has 1 aromatic heterocycles. The highest BCUT2D eigenvalue weighted by molar-refractivity contribution is 7.24. The normalized spacial score (nSPS) is 11.4. The molecule has 1 nitrogen and oxygen atoms in total. The number of benzene rings is 4. The van der Waals surface area contributed by atoms with Crippen molar-refractivity contribution in [3.63, 3.8) is 0 Å². The summed E-state index contributed by atoms with van der Waals surface area (Å²) in [4.78, 5) is 13.6. The minimum atomic E-state index is 0.129. The maximum absolute atomic E-state index is 13.6. The molecule has 2 heteroatoms. The summed E-state index contributed by atoms with van der Waals surface area (Å²) < 4.78 is 2.09. The number of hydrogen-bond donors (Lipinski definition) is 0. The summed E-state index contributed by atoms with van der Waals surface area (Å²) in [6, 6.07) is 31.2. The first-order valence-electron chi connectivity index (χ1n) is 10.3. The zero-order chi connectivity index (χ0) is 20.7. The molecule has 146 valence electrons. The van der Waals surface area contributed by atoms with E-state index >= 15 is 0 Å². The molecule has 0 spiro atoms. The Bertz CT molecular complexity index is 1410. The second kappa shape index (κ2) is 7.55. The molecule has 0 unspecified atom stereocenters. The Labute approximate surface area is 180 Å². The Morgan fingerprint density at radius 1 is 0.633 bits per heavy atom. The maximum atomic E-state index is 13.6. The molecule has 5 aromatic rings. The van der Waals surface area contributed by atoms with E-state index < -0.39 is 0 Å². The fourth-order valence-electron chi connectivity index (χ4n) is 4.16. The van der Waals surface area contributed by atoms with Crippen molar-refractivity contribution in [3.05, 3.63) is 107 Å². The van der Waals surface area contributed by atoms with E-state index in [0.717, 1.165) is 31.3 Å². The minimum absolute atomic E-state index is 0.129. The van der Waals surface area contributed by atoms with Crippen LogP contribution >= 0.6 is 11.3 Å². The fraction of sp³-hybridized carbons (Fsp3) is 0.107. The lowest BCUT2D eigenvalue weighted by Gasteiger charge is -2.16. The van der Waals surface area contributed by atoms with E-state index in [2.05, 4.69) is 74.5 Å². The van der Waals surface area contributed by atoms with Gasteiger partial charge in [-0.25, -0.2) is 0 Å². The third kappa shape index (κ3) is 3.14. The second-order valence-electron chi connectivity index (χ2n) is 7.93. The van der Waals surface area contributed by atoms with E-state index in [-0.39, 0.29) is 5.43 Å². The number of hydrogen-bond acceptors (Lipinski definition) is 2. The standard InChI is InChI=1S/C28H22OS/c1-18(2)22-16-17-25-27(28(29)23-10-6-7-11-24(23)30-25)26(22)21-14-12-20(13-15-21)19-8-4-3-5-9-19/h3-18H,1-2H3. The van der Waals surface area contributed by atoms with Crippen molar-refractivity contribution in [2.45, 2.75) is 19.8 Å². The van der Waals surface area contributed by atoms with Gasteiger partial charge in [-0.15, -0.1) is 11.3 Å². The zero-order valence-corrected chi connectivity index (χ0v) is 17.9. The first-order chi connectivity index (χ1) is 14.6. The van der Waals surface area contributed by atoms with Crippen molar-refractivity contribution < 1.29 is 0 Å². The average Bonchev–Trinajstić information content (AvgIpc) is 2.79. The largest absolute Gasteiger partial charge is 0.288 e. The molecule has 1 heterocycles. The maximum Gasteiger partial charge on any atom is 0.196 e. The summed E-state index contributed by atoms with van der Waals surface area (Å²) in [6.45, 7) is 4.38. The summed E-state index contributed by atoms with van der Waals surface area (Å²) in [5.41, 5.74) is 5.90. The summed E-state index contributed by atoms with van der Waals surface area (Å²) in [6.07, 6.45) is 0. The molecule has 4 aromatic carbocycles. The molecule has 0 fully saturated rings. The van der Waals surface area contributed by atoms with Gasteiger partial charge in [-0.3, -0.25) is 4.79 Å². The molecule has 0 N–H and O–H groups in total. The third-order valence-electron chi connectivity index (χ3n) is 5.68. The highest BCUT2D eigenvalue weighted by atomic mass is 32.1. The Hall–Kier alpha value is -3.23. The molecule has 0 saturated carbocycles. The lowest BCUT2D eigenvalue weighted by atomic mass is 9.89. The van der Waals surface area contributed by atoms with Crippen molar-refractivity contribution in [2.75, 3.05) is 0 Å². The minimum Gasteiger partial charge on any atom is -0.288 e. The van der Waals surface area contributed by atoms with Gasteiger partial charge in [-0.1, -0.05) is 86.6 Å². The van der Waals surface area contributed by atoms with Gasteiger partial charge in [0.1, 0.15) is 0 Å². The van der Waals surface area contributed by atoms with Crippen LogP contribution in [0.2, 0.25) is 0 Å². The molecule has 30 heavy (non-hydrogen) atoms. The molecule has 0 aliphatic carbocycles. The first kappa shape index (κ1) is 18.8. The zero-order valence-electron chi connectivity index (χ0n) is 17.1. The van der Waals surface area contributed by atoms with E-state index in [1.807, 2.05) is 30.3 Å². The molecule has 0 radical (unpaired) electrons. The summed E-state index contributed by atoms with van der Waals surface area (Å²) >= 11 is 1.69. The summed E-state index contributed by atoms with van der Waals surface area (Å²) in [5.74, 6) is 0.328. The molecular formula is C28H22OS. The van der Waals surface area contributed by atoms with Crippen LogP contribution in [0.15, 0.2) is 95.8 Å². The molecule has 0 amide bonds. The van der Waals surface area contributed by atoms with Gasteiger partial charge in [-0.2, -0.15) is 0 Å². The third-order valence-corrected chi connectivity index (χ3v) is 6.82. The smallest absolute Gasteiger partial charge is 0.196 e. The molecule has 0 bridgehead atoms. The molecule has 0 atom stereocenters. The average molecular weight is 407 g/mol. The van der Waals surface area contributed by atoms with Crippen LogP contribution in [0.3, 0.4) is 0 Å². The van der Waals surface area contributed by atoms with Crippen LogP contribution in [-0.2, 0) is 0 Å². The van der Waals surface area contributed by atoms with Crippen LogP contribution in [0.1, 0.15) is 25.3 Å². The lowest BCUT2D eigenvalue weighted by Crippen LogP contribution is -2.05. The Kier molecular flexibility index (Phi) is 4.72. The van der Waals surface area contributed by atoms with Gasteiger partial charge in [0.2, 0.25) is 0 Å². The van der Waals surface area contributed by atoms with Crippen molar-refractivity contribution in [3.8, 4) is 22.3 Å². The number of rotatable bonds is 3. The molecule has 0 saturated heterocycles. The molecule has 5 rings (SSSR count). The molecular weight excluding hydrogens is 384 g/mol. The highest BCUT2D eigenvalue weighted by Gasteiger charge is 2.17. The Morgan fingerprint density at radius 3 is 2.00 bits per heavy atom. The van der Waals surface area contributed by atoms with Gasteiger partial charge in [-0.05, 0) is 51.9 Å². The van der Waals surface area contributed by atoms with Gasteiger partial charge in [0, 0.05) is 20.2 Å². The van der Waals surface area contributed by atoms with Gasteiger partial charge in [0.05, 0.1) is 0 Å². The van der Waals surface area contributed by atoms with Gasteiger partial charge < -0.3 is 0 Å². The van der Waals surface area contributed by atoms with Crippen LogP contribution in [0.5, 0.6) is 0 Å². The highest BCUT2D eigenvalue weighted by Crippen LogP contribution is 2.38. The van der Waals surface area contributed by atoms with E-state index in [4.69, 9.17) is 0 Å². The Balaban J connectivity index is 1.79. The second-order valence-corrected chi connectivity index (χ2v) is 9.01. The quantitative estimate of drug-likeness (QED) is 0.279. The fourth-order valence-corrected chi connectivity index (χ4v) is 5.25. The van der Waals surface area contributed by atoms with Crippen LogP contribution in [-0.4, -0.2) is 0 Å². The van der Waals surface area contributed by atoms with Crippen LogP contribution in [0, 0.1) is 0 Å². The van der Waals surface area contributed by atoms with Crippen molar-refractivity contribution >= 4 is 31.5 Å². The van der Waals surface area contributed by atoms with E-state index in [9.17, 15) is 4.79 Å². The number of fused-ring (bicyclic) bond motifs is 2. The van der Waals surface area contributed by atoms with E-state index in [0.29, 0.717) is 5.92 Å². The predicted molar refractivity (Wildman–Crippen MR) is 131 cm³/mol. The first-order valence-corrected chi connectivity index (χ1v) is 11.1. The predicted octanol–water partition coefficient (Wildman–Crippen LogP) is 7.87. The van der Waals surface area contributed by atoms with Crippen LogP contribution < -0.4 is 5.43 Å². The lowest BCUT2D eigenvalue weighted by molar-refractivity contribution is 0.871. The van der Waals surface area contributed by atoms with Gasteiger partial charge >= 0.3 is 0 Å². The van der Waals surface area contributed by atoms with Crippen molar-refractivity contribution in [2.24, 2.45) is 0 Å². The molecule has 0 aliphatic rings. The van der Waals surface area contributed by atoms with E-state index in [1.165, 1.54) is 16.7 Å². The topological polar surface area (TPSA) is 17.1 Å².